The fourth-order valence-corrected chi connectivity index (χ4v) is 2.38. The van der Waals surface area contributed by atoms with Gasteiger partial charge in [0.15, 0.2) is 0 Å². The van der Waals surface area contributed by atoms with E-state index < -0.39 is 5.41 Å². The molecule has 1 aromatic carbocycles. The quantitative estimate of drug-likeness (QED) is 0.779. The smallest absolute Gasteiger partial charge is 0.240 e. The summed E-state index contributed by atoms with van der Waals surface area (Å²) in [4.78, 5) is 13.8. The van der Waals surface area contributed by atoms with Gasteiger partial charge in [-0.2, -0.15) is 0 Å². The zero-order chi connectivity index (χ0) is 11.8. The topological polar surface area (TPSA) is 40.5 Å². The maximum Gasteiger partial charge on any atom is 0.240 e. The lowest BCUT2D eigenvalue weighted by atomic mass is 9.79. The van der Waals surface area contributed by atoms with Crippen LogP contribution in [0.5, 0.6) is 0 Å². The summed E-state index contributed by atoms with van der Waals surface area (Å²) >= 11 is 0. The third-order valence-electron chi connectivity index (χ3n) is 3.26. The molecule has 0 saturated carbocycles. The Labute approximate surface area is 95.0 Å². The van der Waals surface area contributed by atoms with E-state index in [1.54, 1.807) is 18.0 Å². The molecule has 1 aromatic rings. The van der Waals surface area contributed by atoms with E-state index >= 15 is 0 Å². The third kappa shape index (κ3) is 1.21. The standard InChI is InChI=1S/C13H15NO2/c1-3-8-13(9-15)10-6-4-5-7-11(10)14(2)12(13)16/h3-7,15H,1,8-9H2,2H3. The van der Waals surface area contributed by atoms with E-state index in [-0.39, 0.29) is 12.5 Å². The second-order valence-corrected chi connectivity index (χ2v) is 4.11. The number of anilines is 1. The molecule has 0 bridgehead atoms. The average molecular weight is 217 g/mol. The van der Waals surface area contributed by atoms with Crippen LogP contribution in [0.4, 0.5) is 5.69 Å². The predicted octanol–water partition coefficient (Wildman–Crippen LogP) is 1.47. The average Bonchev–Trinajstić information content (AvgIpc) is 2.53. The highest BCUT2D eigenvalue weighted by molar-refractivity contribution is 6.08. The van der Waals surface area contributed by atoms with Gasteiger partial charge in [-0.15, -0.1) is 6.58 Å². The van der Waals surface area contributed by atoms with Crippen LogP contribution in [-0.2, 0) is 10.2 Å². The van der Waals surface area contributed by atoms with Crippen LogP contribution in [0, 0.1) is 0 Å². The molecule has 1 aliphatic rings. The van der Waals surface area contributed by atoms with Gasteiger partial charge in [0, 0.05) is 12.7 Å². The van der Waals surface area contributed by atoms with Gasteiger partial charge in [-0.3, -0.25) is 4.79 Å². The van der Waals surface area contributed by atoms with Gasteiger partial charge in [-0.1, -0.05) is 24.3 Å². The minimum atomic E-state index is -0.826. The Morgan fingerprint density at radius 1 is 1.50 bits per heavy atom. The van der Waals surface area contributed by atoms with Crippen molar-refractivity contribution in [3.63, 3.8) is 0 Å². The fraction of sp³-hybridized carbons (Fsp3) is 0.308. The Balaban J connectivity index is 2.63. The number of hydrogen-bond acceptors (Lipinski definition) is 2. The number of para-hydroxylation sites is 1. The zero-order valence-corrected chi connectivity index (χ0v) is 9.31. The zero-order valence-electron chi connectivity index (χ0n) is 9.31. The van der Waals surface area contributed by atoms with Crippen LogP contribution < -0.4 is 4.90 Å². The molecule has 0 aliphatic carbocycles. The fourth-order valence-electron chi connectivity index (χ4n) is 2.38. The van der Waals surface area contributed by atoms with Crippen LogP contribution >= 0.6 is 0 Å². The van der Waals surface area contributed by atoms with E-state index in [1.807, 2.05) is 24.3 Å². The van der Waals surface area contributed by atoms with Crippen molar-refractivity contribution in [1.82, 2.24) is 0 Å². The highest BCUT2D eigenvalue weighted by Gasteiger charge is 2.48. The van der Waals surface area contributed by atoms with Gasteiger partial charge in [0.2, 0.25) is 5.91 Å². The van der Waals surface area contributed by atoms with Gasteiger partial charge in [0.25, 0.3) is 0 Å². The first-order valence-electron chi connectivity index (χ1n) is 5.27. The molecule has 1 N–H and O–H groups in total. The SMILES string of the molecule is C=CCC1(CO)C(=O)N(C)c2ccccc21. The van der Waals surface area contributed by atoms with Crippen LogP contribution in [0.3, 0.4) is 0 Å². The van der Waals surface area contributed by atoms with Crippen molar-refractivity contribution in [3.05, 3.63) is 42.5 Å². The van der Waals surface area contributed by atoms with Crippen molar-refractivity contribution in [3.8, 4) is 0 Å². The number of aliphatic hydroxyl groups is 1. The lowest BCUT2D eigenvalue weighted by Gasteiger charge is -2.24. The molecular formula is C13H15NO2. The van der Waals surface area contributed by atoms with E-state index in [1.165, 1.54) is 0 Å². The number of aliphatic hydroxyl groups excluding tert-OH is 1. The molecule has 2 rings (SSSR count). The molecule has 3 nitrogen and oxygen atoms in total. The number of carbonyl (C=O) groups excluding carboxylic acids is 1. The lowest BCUT2D eigenvalue weighted by molar-refractivity contribution is -0.124. The summed E-state index contributed by atoms with van der Waals surface area (Å²) in [6.07, 6.45) is 2.15. The number of rotatable bonds is 3. The maximum atomic E-state index is 12.2. The number of nitrogens with zero attached hydrogens (tertiary/aromatic N) is 1. The van der Waals surface area contributed by atoms with Crippen molar-refractivity contribution in [2.75, 3.05) is 18.6 Å². The van der Waals surface area contributed by atoms with Gasteiger partial charge in [-0.25, -0.2) is 0 Å². The number of carbonyl (C=O) groups is 1. The molecule has 84 valence electrons. The van der Waals surface area contributed by atoms with E-state index in [4.69, 9.17) is 0 Å². The first-order chi connectivity index (χ1) is 7.67. The van der Waals surface area contributed by atoms with Crippen LogP contribution in [0.2, 0.25) is 0 Å². The molecule has 0 saturated heterocycles. The molecule has 16 heavy (non-hydrogen) atoms. The van der Waals surface area contributed by atoms with Crippen LogP contribution in [0.1, 0.15) is 12.0 Å². The second kappa shape index (κ2) is 3.76. The normalized spacial score (nSPS) is 23.4. The van der Waals surface area contributed by atoms with Gasteiger partial charge in [0.05, 0.1) is 6.61 Å². The van der Waals surface area contributed by atoms with Gasteiger partial charge < -0.3 is 10.0 Å². The van der Waals surface area contributed by atoms with E-state index in [0.29, 0.717) is 6.42 Å². The summed E-state index contributed by atoms with van der Waals surface area (Å²) in [5.74, 6) is -0.0592. The molecule has 1 heterocycles. The molecule has 0 radical (unpaired) electrons. The van der Waals surface area contributed by atoms with Gasteiger partial charge in [-0.05, 0) is 18.1 Å². The summed E-state index contributed by atoms with van der Waals surface area (Å²) in [5.41, 5.74) is 0.945. The van der Waals surface area contributed by atoms with E-state index in [9.17, 15) is 9.90 Å². The van der Waals surface area contributed by atoms with Crippen molar-refractivity contribution in [2.24, 2.45) is 0 Å². The summed E-state index contributed by atoms with van der Waals surface area (Å²) in [6, 6.07) is 7.58. The molecule has 0 aromatic heterocycles. The van der Waals surface area contributed by atoms with E-state index in [2.05, 4.69) is 6.58 Å². The Morgan fingerprint density at radius 2 is 2.19 bits per heavy atom. The Bertz CT molecular complexity index is 441. The summed E-state index contributed by atoms with van der Waals surface area (Å²) in [7, 11) is 1.74. The molecule has 3 heteroatoms. The molecule has 1 atom stereocenters. The maximum absolute atomic E-state index is 12.2. The third-order valence-corrected chi connectivity index (χ3v) is 3.26. The number of fused-ring (bicyclic) bond motifs is 1. The predicted molar refractivity (Wildman–Crippen MR) is 63.4 cm³/mol. The molecule has 1 amide bonds. The van der Waals surface area contributed by atoms with Crippen LogP contribution in [0.15, 0.2) is 36.9 Å². The van der Waals surface area contributed by atoms with Crippen molar-refractivity contribution >= 4 is 11.6 Å². The first-order valence-corrected chi connectivity index (χ1v) is 5.27. The van der Waals surface area contributed by atoms with Crippen molar-refractivity contribution in [2.45, 2.75) is 11.8 Å². The Kier molecular flexibility index (Phi) is 2.56. The second-order valence-electron chi connectivity index (χ2n) is 4.11. The molecule has 1 unspecified atom stereocenters. The molecular weight excluding hydrogens is 202 g/mol. The Hall–Kier alpha value is -1.61. The number of likely N-dealkylation sites (N-methyl/N-ethyl adjacent to an activating group) is 1. The van der Waals surface area contributed by atoms with Crippen LogP contribution in [0.25, 0.3) is 0 Å². The van der Waals surface area contributed by atoms with E-state index in [0.717, 1.165) is 11.3 Å². The number of hydrogen-bond donors (Lipinski definition) is 1. The lowest BCUT2D eigenvalue weighted by Crippen LogP contribution is -2.41. The number of benzene rings is 1. The molecule has 1 aliphatic heterocycles. The minimum Gasteiger partial charge on any atom is -0.395 e. The first kappa shape index (κ1) is 10.9. The van der Waals surface area contributed by atoms with Gasteiger partial charge >= 0.3 is 0 Å². The van der Waals surface area contributed by atoms with Crippen molar-refractivity contribution in [1.29, 1.82) is 0 Å². The number of amides is 1. The highest BCUT2D eigenvalue weighted by atomic mass is 16.3. The summed E-state index contributed by atoms with van der Waals surface area (Å²) < 4.78 is 0. The van der Waals surface area contributed by atoms with Gasteiger partial charge in [0.1, 0.15) is 5.41 Å². The number of allylic oxidation sites excluding steroid dienone is 1. The summed E-state index contributed by atoms with van der Waals surface area (Å²) in [6.45, 7) is 3.49. The van der Waals surface area contributed by atoms with Crippen molar-refractivity contribution < 1.29 is 9.90 Å². The Morgan fingerprint density at radius 3 is 2.81 bits per heavy atom. The molecule has 0 fully saturated rings. The molecule has 0 spiro atoms. The minimum absolute atomic E-state index is 0.0592. The largest absolute Gasteiger partial charge is 0.395 e. The van der Waals surface area contributed by atoms with Crippen LogP contribution in [-0.4, -0.2) is 24.7 Å². The monoisotopic (exact) mass is 217 g/mol. The summed E-state index contributed by atoms with van der Waals surface area (Å²) in [5, 5.41) is 9.59. The highest BCUT2D eigenvalue weighted by Crippen LogP contribution is 2.43.